The lowest BCUT2D eigenvalue weighted by Crippen LogP contribution is -2.30. The molecular formula is C28H27ClN6O5. The van der Waals surface area contributed by atoms with Gasteiger partial charge in [0.05, 0.1) is 43.5 Å². The van der Waals surface area contributed by atoms with Crippen LogP contribution in [0, 0.1) is 0 Å². The van der Waals surface area contributed by atoms with Gasteiger partial charge in [-0.25, -0.2) is 9.78 Å². The fourth-order valence-electron chi connectivity index (χ4n) is 4.56. The topological polar surface area (TPSA) is 161 Å². The van der Waals surface area contributed by atoms with Crippen LogP contribution in [0.25, 0.3) is 22.2 Å². The number of rotatable bonds is 4. The van der Waals surface area contributed by atoms with Crippen LogP contribution < -0.4 is 16.0 Å². The van der Waals surface area contributed by atoms with Gasteiger partial charge in [-0.1, -0.05) is 23.8 Å². The number of H-pyrrole nitrogens is 2. The van der Waals surface area contributed by atoms with Crippen molar-refractivity contribution >= 4 is 51.8 Å². The molecule has 0 spiro atoms. The molecule has 1 aliphatic heterocycles. The van der Waals surface area contributed by atoms with Crippen LogP contribution in [0.5, 0.6) is 0 Å². The summed E-state index contributed by atoms with van der Waals surface area (Å²) in [5.74, 6) is -0.150. The minimum Gasteiger partial charge on any atom is -0.453 e. The number of nitrogens with zero attached hydrogens (tertiary/aromatic N) is 1. The number of methoxy groups -OCH3 is 1. The summed E-state index contributed by atoms with van der Waals surface area (Å²) in [5, 5.41) is 20.2. The van der Waals surface area contributed by atoms with Crippen LogP contribution in [0.3, 0.4) is 0 Å². The van der Waals surface area contributed by atoms with Gasteiger partial charge in [-0.05, 0) is 48.4 Å². The Morgan fingerprint density at radius 1 is 1.18 bits per heavy atom. The second-order valence-corrected chi connectivity index (χ2v) is 9.77. The molecule has 1 aliphatic rings. The summed E-state index contributed by atoms with van der Waals surface area (Å²) < 4.78 is 4.65. The van der Waals surface area contributed by atoms with Gasteiger partial charge in [0, 0.05) is 39.6 Å². The number of hydrogen-bond acceptors (Lipinski definition) is 6. The first-order valence-electron chi connectivity index (χ1n) is 12.5. The number of nitrogens with one attached hydrogen (secondary N) is 5. The fourth-order valence-corrected chi connectivity index (χ4v) is 4.73. The highest BCUT2D eigenvalue weighted by Gasteiger charge is 2.21. The van der Waals surface area contributed by atoms with Crippen LogP contribution in [-0.2, 0) is 20.7 Å². The summed E-state index contributed by atoms with van der Waals surface area (Å²) in [4.78, 5) is 48.5. The Morgan fingerprint density at radius 3 is 2.85 bits per heavy atom. The van der Waals surface area contributed by atoms with Crippen LogP contribution in [0.2, 0.25) is 5.02 Å². The predicted molar refractivity (Wildman–Crippen MR) is 151 cm³/mol. The highest BCUT2D eigenvalue weighted by molar-refractivity contribution is 6.31. The number of benzene rings is 2. The molecule has 5 rings (SSSR count). The first-order chi connectivity index (χ1) is 19.3. The maximum atomic E-state index is 13.1. The van der Waals surface area contributed by atoms with Gasteiger partial charge in [-0.3, -0.25) is 14.9 Å². The van der Waals surface area contributed by atoms with E-state index < -0.39 is 24.1 Å². The molecule has 0 saturated carbocycles. The van der Waals surface area contributed by atoms with Gasteiger partial charge in [0.25, 0.3) is 0 Å². The average Bonchev–Trinajstić information content (AvgIpc) is 3.55. The monoisotopic (exact) mass is 562 g/mol. The van der Waals surface area contributed by atoms with Crippen molar-refractivity contribution in [2.45, 2.75) is 31.4 Å². The quantitative estimate of drug-likeness (QED) is 0.202. The second kappa shape index (κ2) is 11.6. The molecule has 12 heteroatoms. The van der Waals surface area contributed by atoms with E-state index in [1.165, 1.54) is 13.2 Å². The maximum absolute atomic E-state index is 13.1. The zero-order chi connectivity index (χ0) is 28.2. The van der Waals surface area contributed by atoms with Crippen molar-refractivity contribution in [3.63, 3.8) is 0 Å². The third kappa shape index (κ3) is 6.16. The smallest absolute Gasteiger partial charge is 0.411 e. The van der Waals surface area contributed by atoms with Gasteiger partial charge in [-0.2, -0.15) is 0 Å². The minimum atomic E-state index is -1.04. The summed E-state index contributed by atoms with van der Waals surface area (Å²) in [7, 11) is 1.25. The Labute approximate surface area is 234 Å². The first kappa shape index (κ1) is 27.0. The number of aliphatic hydroxyl groups excluding tert-OH is 1. The number of imidazole rings is 1. The van der Waals surface area contributed by atoms with Crippen LogP contribution in [0.15, 0.2) is 60.9 Å². The van der Waals surface area contributed by atoms with E-state index in [1.54, 1.807) is 42.7 Å². The van der Waals surface area contributed by atoms with E-state index >= 15 is 0 Å². The van der Waals surface area contributed by atoms with E-state index in [1.807, 2.05) is 12.1 Å². The Morgan fingerprint density at radius 2 is 2.02 bits per heavy atom. The van der Waals surface area contributed by atoms with Crippen molar-refractivity contribution in [2.75, 3.05) is 17.7 Å². The number of carbonyl (C=O) groups is 3. The summed E-state index contributed by atoms with van der Waals surface area (Å²) in [5.41, 5.74) is 3.56. The van der Waals surface area contributed by atoms with E-state index in [4.69, 9.17) is 16.6 Å². The van der Waals surface area contributed by atoms with Gasteiger partial charge < -0.3 is 30.4 Å². The third-order valence-electron chi connectivity index (χ3n) is 6.47. The molecule has 0 saturated heterocycles. The number of carbonyl (C=O) groups excluding carboxylic acids is 3. The number of aliphatic hydroxyl groups is 1. The standard InChI is InChI=1S/C28H27ClN6O5/c1-40-28(39)32-17-6-7-19-23(11-17)34-26(38)12-18(36)3-2-4-22(27-31-14-24(19)35-27)33-25(37)9-15-13-30-21-8-5-16(29)10-20(15)21/h2-3,5-8,10-11,13-14,18,22,30,36H,4,9,12H2,1H3,(H,31,35)(H,32,39)(H,33,37)(H,34,38)/b3-2+. The molecule has 3 heterocycles. The Balaban J connectivity index is 1.43. The number of aromatic amines is 2. The first-order valence-corrected chi connectivity index (χ1v) is 12.9. The van der Waals surface area contributed by atoms with Crippen LogP contribution >= 0.6 is 11.6 Å². The molecule has 2 atom stereocenters. The maximum Gasteiger partial charge on any atom is 0.411 e. The van der Waals surface area contributed by atoms with Gasteiger partial charge in [0.1, 0.15) is 5.82 Å². The van der Waals surface area contributed by atoms with Crippen molar-refractivity contribution in [1.29, 1.82) is 0 Å². The molecule has 206 valence electrons. The molecule has 0 aliphatic carbocycles. The van der Waals surface area contributed by atoms with E-state index in [9.17, 15) is 19.5 Å². The number of halogens is 1. The summed E-state index contributed by atoms with van der Waals surface area (Å²) in [6.07, 6.45) is 5.25. The summed E-state index contributed by atoms with van der Waals surface area (Å²) >= 11 is 6.15. The normalized spacial score (nSPS) is 17.9. The fraction of sp³-hybridized carbons (Fsp3) is 0.214. The van der Waals surface area contributed by atoms with Crippen molar-refractivity contribution in [1.82, 2.24) is 20.3 Å². The highest BCUT2D eigenvalue weighted by Crippen LogP contribution is 2.32. The highest BCUT2D eigenvalue weighted by atomic mass is 35.5. The molecule has 2 unspecified atom stereocenters. The lowest BCUT2D eigenvalue weighted by molar-refractivity contribution is -0.121. The van der Waals surface area contributed by atoms with Crippen molar-refractivity contribution in [3.8, 4) is 11.3 Å². The molecule has 0 fully saturated rings. The zero-order valence-corrected chi connectivity index (χ0v) is 22.2. The second-order valence-electron chi connectivity index (χ2n) is 9.33. The number of hydrogen-bond donors (Lipinski definition) is 6. The van der Waals surface area contributed by atoms with E-state index in [0.29, 0.717) is 39.9 Å². The largest absolute Gasteiger partial charge is 0.453 e. The molecule has 6 N–H and O–H groups in total. The summed E-state index contributed by atoms with van der Waals surface area (Å²) in [6.45, 7) is 0. The third-order valence-corrected chi connectivity index (χ3v) is 6.70. The Kier molecular flexibility index (Phi) is 7.85. The van der Waals surface area contributed by atoms with Gasteiger partial charge in [-0.15, -0.1) is 0 Å². The number of aromatic nitrogens is 3. The van der Waals surface area contributed by atoms with E-state index in [2.05, 4.69) is 30.7 Å². The molecular weight excluding hydrogens is 536 g/mol. The van der Waals surface area contributed by atoms with E-state index in [-0.39, 0.29) is 18.7 Å². The zero-order valence-electron chi connectivity index (χ0n) is 21.5. The van der Waals surface area contributed by atoms with Crippen molar-refractivity contribution < 1.29 is 24.2 Å². The minimum absolute atomic E-state index is 0.119. The van der Waals surface area contributed by atoms with Crippen LogP contribution in [-0.4, -0.2) is 51.2 Å². The predicted octanol–water partition coefficient (Wildman–Crippen LogP) is 4.44. The average molecular weight is 563 g/mol. The molecule has 2 bridgehead atoms. The SMILES string of the molecule is COC(=O)Nc1ccc2c(c1)NC(=O)CC(O)/C=C/CC(NC(=O)Cc1c[nH]c3ccc(Cl)cc13)c1nc-2c[nH]1. The van der Waals surface area contributed by atoms with Crippen molar-refractivity contribution in [3.05, 3.63) is 77.4 Å². The van der Waals surface area contributed by atoms with Gasteiger partial charge in [0.15, 0.2) is 0 Å². The summed E-state index contributed by atoms with van der Waals surface area (Å²) in [6, 6.07) is 9.85. The molecule has 2 aromatic heterocycles. The number of fused-ring (bicyclic) bond motifs is 5. The molecule has 4 aromatic rings. The Bertz CT molecular complexity index is 1610. The molecule has 11 nitrogen and oxygen atoms in total. The van der Waals surface area contributed by atoms with Crippen LogP contribution in [0.4, 0.5) is 16.2 Å². The van der Waals surface area contributed by atoms with Crippen LogP contribution in [0.1, 0.15) is 30.3 Å². The van der Waals surface area contributed by atoms with Gasteiger partial charge in [0.2, 0.25) is 11.8 Å². The van der Waals surface area contributed by atoms with E-state index in [0.717, 1.165) is 16.5 Å². The molecule has 3 amide bonds. The molecule has 2 aromatic carbocycles. The lowest BCUT2D eigenvalue weighted by Gasteiger charge is -2.15. The number of amides is 3. The number of ether oxygens (including phenoxy) is 1. The molecule has 40 heavy (non-hydrogen) atoms. The molecule has 0 radical (unpaired) electrons. The van der Waals surface area contributed by atoms with Crippen molar-refractivity contribution in [2.24, 2.45) is 0 Å². The lowest BCUT2D eigenvalue weighted by atomic mass is 10.1. The van der Waals surface area contributed by atoms with Gasteiger partial charge >= 0.3 is 6.09 Å². The Hall–Kier alpha value is -4.61. The number of anilines is 2.